The monoisotopic (exact) mass is 570 g/mol. The Morgan fingerprint density at radius 1 is 0.711 bits per heavy atom. The van der Waals surface area contributed by atoms with Gasteiger partial charge in [-0.25, -0.2) is 0 Å². The van der Waals surface area contributed by atoms with Crippen LogP contribution >= 0.6 is 0 Å². The standard InChI is InChI=1S/C28H50O8Si2/c1-27(2,3)37(9,10)35-23(17-21-19(29)13-15-25(31-7)33-21)24(36-38(11,12)28(4,5)6)18-22-20(30)14-16-26(32-8)34-22/h13-16,21-26H,17-18H2,1-12H3/t21-,22-,23+,24+,25-,26-/m0/s1. The predicted molar refractivity (Wildman–Crippen MR) is 153 cm³/mol. The Labute approximate surface area is 231 Å². The summed E-state index contributed by atoms with van der Waals surface area (Å²) in [7, 11) is -1.58. The lowest BCUT2D eigenvalue weighted by Crippen LogP contribution is -2.54. The summed E-state index contributed by atoms with van der Waals surface area (Å²) in [5.41, 5.74) is 0. The normalized spacial score (nSPS) is 27.1. The predicted octanol–water partition coefficient (Wildman–Crippen LogP) is 5.54. The Kier molecular flexibility index (Phi) is 11.1. The molecule has 0 aromatic carbocycles. The van der Waals surface area contributed by atoms with Crippen LogP contribution < -0.4 is 0 Å². The fourth-order valence-electron chi connectivity index (χ4n) is 3.81. The van der Waals surface area contributed by atoms with E-state index in [0.29, 0.717) is 0 Å². The molecule has 0 saturated carbocycles. The molecule has 0 bridgehead atoms. The zero-order valence-corrected chi connectivity index (χ0v) is 27.5. The number of hydrogen-bond acceptors (Lipinski definition) is 8. The molecule has 6 atom stereocenters. The number of carbonyl (C=O) groups is 2. The molecule has 2 aliphatic rings. The summed E-state index contributed by atoms with van der Waals surface area (Å²) in [4.78, 5) is 25.8. The van der Waals surface area contributed by atoms with Crippen LogP contribution in [0.25, 0.3) is 0 Å². The van der Waals surface area contributed by atoms with Crippen molar-refractivity contribution in [3.63, 3.8) is 0 Å². The molecule has 38 heavy (non-hydrogen) atoms. The van der Waals surface area contributed by atoms with E-state index in [0.717, 1.165) is 0 Å². The molecule has 0 radical (unpaired) electrons. The van der Waals surface area contributed by atoms with Gasteiger partial charge in [-0.1, -0.05) is 41.5 Å². The molecule has 0 saturated heterocycles. The first-order chi connectivity index (χ1) is 17.3. The minimum atomic E-state index is -2.33. The molecule has 2 heterocycles. The molecule has 0 spiro atoms. The maximum absolute atomic E-state index is 12.9. The molecule has 0 N–H and O–H groups in total. The zero-order chi connectivity index (χ0) is 29.1. The second-order valence-corrected chi connectivity index (χ2v) is 22.8. The molecule has 0 aromatic heterocycles. The summed E-state index contributed by atoms with van der Waals surface area (Å²) in [6.07, 6.45) is 3.06. The van der Waals surface area contributed by atoms with Gasteiger partial charge in [-0.2, -0.15) is 0 Å². The van der Waals surface area contributed by atoms with Crippen LogP contribution in [-0.2, 0) is 37.4 Å². The molecule has 0 aromatic rings. The third-order valence-electron chi connectivity index (χ3n) is 8.34. The summed E-state index contributed by atoms with van der Waals surface area (Å²) >= 11 is 0. The number of rotatable bonds is 11. The van der Waals surface area contributed by atoms with Gasteiger partial charge in [0.1, 0.15) is 12.2 Å². The maximum atomic E-state index is 12.9. The Morgan fingerprint density at radius 2 is 1.03 bits per heavy atom. The van der Waals surface area contributed by atoms with E-state index in [4.69, 9.17) is 27.8 Å². The average molecular weight is 571 g/mol. The van der Waals surface area contributed by atoms with Gasteiger partial charge in [-0.15, -0.1) is 0 Å². The van der Waals surface area contributed by atoms with Gasteiger partial charge in [0.15, 0.2) is 40.8 Å². The summed E-state index contributed by atoms with van der Waals surface area (Å²) in [6, 6.07) is 0. The van der Waals surface area contributed by atoms with Gasteiger partial charge < -0.3 is 27.8 Å². The second-order valence-electron chi connectivity index (χ2n) is 13.3. The van der Waals surface area contributed by atoms with Crippen LogP contribution in [0.3, 0.4) is 0 Å². The lowest BCUT2D eigenvalue weighted by Gasteiger charge is -2.46. The van der Waals surface area contributed by atoms with Gasteiger partial charge in [0, 0.05) is 27.1 Å². The van der Waals surface area contributed by atoms with Gasteiger partial charge in [-0.05, 0) is 60.6 Å². The van der Waals surface area contributed by atoms with Crippen molar-refractivity contribution in [2.75, 3.05) is 14.2 Å². The topological polar surface area (TPSA) is 89.5 Å². The van der Waals surface area contributed by atoms with E-state index in [2.05, 4.69) is 67.7 Å². The van der Waals surface area contributed by atoms with Gasteiger partial charge in [-0.3, -0.25) is 9.59 Å². The highest BCUT2D eigenvalue weighted by Gasteiger charge is 2.47. The lowest BCUT2D eigenvalue weighted by atomic mass is 9.96. The number of hydrogen-bond donors (Lipinski definition) is 0. The van der Waals surface area contributed by atoms with Gasteiger partial charge in [0.25, 0.3) is 0 Å². The minimum Gasteiger partial charge on any atom is -0.411 e. The molecule has 0 fully saturated rings. The van der Waals surface area contributed by atoms with Crippen molar-refractivity contribution in [1.29, 1.82) is 0 Å². The van der Waals surface area contributed by atoms with Gasteiger partial charge in [0.2, 0.25) is 0 Å². The number of ether oxygens (including phenoxy) is 4. The molecule has 0 unspecified atom stereocenters. The molecule has 2 aliphatic heterocycles. The smallest absolute Gasteiger partial charge is 0.192 e. The Morgan fingerprint density at radius 3 is 1.29 bits per heavy atom. The molecule has 2 rings (SSSR count). The average Bonchev–Trinajstić information content (AvgIpc) is 2.79. The summed E-state index contributed by atoms with van der Waals surface area (Å²) in [6.45, 7) is 21.8. The maximum Gasteiger partial charge on any atom is 0.192 e. The molecule has 8 nitrogen and oxygen atoms in total. The van der Waals surface area contributed by atoms with Crippen LogP contribution in [0.2, 0.25) is 36.3 Å². The number of methoxy groups -OCH3 is 2. The van der Waals surface area contributed by atoms with Crippen LogP contribution in [0.15, 0.2) is 24.3 Å². The van der Waals surface area contributed by atoms with Gasteiger partial charge in [0.05, 0.1) is 12.2 Å². The molecule has 10 heteroatoms. The lowest BCUT2D eigenvalue weighted by molar-refractivity contribution is -0.167. The van der Waals surface area contributed by atoms with Crippen LogP contribution in [0.4, 0.5) is 0 Å². The van der Waals surface area contributed by atoms with Gasteiger partial charge >= 0.3 is 0 Å². The summed E-state index contributed by atoms with van der Waals surface area (Å²) in [5, 5.41) is -0.166. The third-order valence-corrected chi connectivity index (χ3v) is 17.4. The van der Waals surface area contributed by atoms with Crippen molar-refractivity contribution < 1.29 is 37.4 Å². The fraction of sp³-hybridized carbons (Fsp3) is 0.786. The van der Waals surface area contributed by atoms with E-state index < -0.39 is 53.6 Å². The van der Waals surface area contributed by atoms with E-state index in [9.17, 15) is 9.59 Å². The van der Waals surface area contributed by atoms with Crippen LogP contribution in [-0.4, -0.2) is 79.4 Å². The molecule has 0 amide bonds. The molecular formula is C28H50O8Si2. The van der Waals surface area contributed by atoms with E-state index in [-0.39, 0.29) is 34.5 Å². The van der Waals surface area contributed by atoms with E-state index >= 15 is 0 Å². The molecular weight excluding hydrogens is 520 g/mol. The van der Waals surface area contributed by atoms with Crippen LogP contribution in [0.1, 0.15) is 54.4 Å². The summed E-state index contributed by atoms with van der Waals surface area (Å²) < 4.78 is 36.6. The highest BCUT2D eigenvalue weighted by atomic mass is 28.4. The first kappa shape index (κ1) is 33.2. The highest BCUT2D eigenvalue weighted by molar-refractivity contribution is 6.74. The largest absolute Gasteiger partial charge is 0.411 e. The number of carbonyl (C=O) groups excluding carboxylic acids is 2. The molecule has 0 aliphatic carbocycles. The Balaban J connectivity index is 2.52. The minimum absolute atomic E-state index is 0.0831. The first-order valence-corrected chi connectivity index (χ1v) is 19.3. The number of ketones is 2. The van der Waals surface area contributed by atoms with Crippen molar-refractivity contribution in [3.8, 4) is 0 Å². The highest BCUT2D eigenvalue weighted by Crippen LogP contribution is 2.42. The van der Waals surface area contributed by atoms with Crippen molar-refractivity contribution in [3.05, 3.63) is 24.3 Å². The van der Waals surface area contributed by atoms with Crippen molar-refractivity contribution in [2.24, 2.45) is 0 Å². The van der Waals surface area contributed by atoms with Crippen molar-refractivity contribution >= 4 is 28.2 Å². The second kappa shape index (κ2) is 12.7. The Bertz CT molecular complexity index is 812. The quantitative estimate of drug-likeness (QED) is 0.299. The van der Waals surface area contributed by atoms with E-state index in [1.54, 1.807) is 26.4 Å². The Hall–Kier alpha value is -0.986. The SMILES string of the molecule is CO[C@@H]1C=CC(=O)[C@H](C[C@@H](O[Si](C)(C)C(C)(C)C)[C@@H](C[C@@H]2O[C@H](OC)C=CC2=O)O[Si](C)(C)C(C)(C)C)O1. The van der Waals surface area contributed by atoms with Crippen molar-refractivity contribution in [2.45, 2.75) is 128 Å². The third kappa shape index (κ3) is 8.51. The first-order valence-electron chi connectivity index (χ1n) is 13.5. The summed E-state index contributed by atoms with van der Waals surface area (Å²) in [5.74, 6) is -0.277. The zero-order valence-electron chi connectivity index (χ0n) is 25.5. The fourth-order valence-corrected chi connectivity index (χ4v) is 6.52. The van der Waals surface area contributed by atoms with Crippen LogP contribution in [0.5, 0.6) is 0 Å². The van der Waals surface area contributed by atoms with E-state index in [1.807, 2.05) is 0 Å². The molecule has 218 valence electrons. The van der Waals surface area contributed by atoms with E-state index in [1.165, 1.54) is 12.2 Å². The van der Waals surface area contributed by atoms with Crippen LogP contribution in [0, 0.1) is 0 Å². The van der Waals surface area contributed by atoms with Crippen molar-refractivity contribution in [1.82, 2.24) is 0 Å².